The summed E-state index contributed by atoms with van der Waals surface area (Å²) >= 11 is 0. The van der Waals surface area contributed by atoms with Crippen molar-refractivity contribution in [3.05, 3.63) is 11.6 Å². The van der Waals surface area contributed by atoms with Crippen molar-refractivity contribution in [2.45, 2.75) is 52.0 Å². The lowest BCUT2D eigenvalue weighted by atomic mass is 9.89. The molecule has 0 saturated heterocycles. The van der Waals surface area contributed by atoms with Gasteiger partial charge < -0.3 is 5.32 Å². The van der Waals surface area contributed by atoms with Crippen molar-refractivity contribution in [3.63, 3.8) is 0 Å². The Hall–Kier alpha value is -0.300. The van der Waals surface area contributed by atoms with E-state index in [4.69, 9.17) is 0 Å². The molecular weight excluding hydrogens is 170 g/mol. The van der Waals surface area contributed by atoms with E-state index >= 15 is 0 Å². The van der Waals surface area contributed by atoms with Crippen molar-refractivity contribution in [1.29, 1.82) is 0 Å². The highest BCUT2D eigenvalue weighted by Crippen LogP contribution is 2.55. The SMILES string of the molecule is CNC(C1=CCCCC1)C1CC1(C)C. The van der Waals surface area contributed by atoms with Gasteiger partial charge in [0.05, 0.1) is 0 Å². The van der Waals surface area contributed by atoms with Crippen LogP contribution in [0.25, 0.3) is 0 Å². The summed E-state index contributed by atoms with van der Waals surface area (Å²) in [7, 11) is 2.12. The zero-order valence-corrected chi connectivity index (χ0v) is 9.77. The summed E-state index contributed by atoms with van der Waals surface area (Å²) in [5.41, 5.74) is 2.28. The van der Waals surface area contributed by atoms with Crippen LogP contribution in [0, 0.1) is 11.3 Å². The highest BCUT2D eigenvalue weighted by atomic mass is 14.9. The Balaban J connectivity index is 2.03. The minimum Gasteiger partial charge on any atom is -0.313 e. The van der Waals surface area contributed by atoms with Gasteiger partial charge in [0, 0.05) is 6.04 Å². The lowest BCUT2D eigenvalue weighted by molar-refractivity contribution is 0.450. The second-order valence-electron chi connectivity index (χ2n) is 5.59. The molecule has 0 aliphatic heterocycles. The summed E-state index contributed by atoms with van der Waals surface area (Å²) in [6, 6.07) is 0.672. The molecule has 14 heavy (non-hydrogen) atoms. The molecule has 1 heteroatoms. The molecule has 1 fully saturated rings. The maximum atomic E-state index is 3.52. The number of nitrogens with one attached hydrogen (secondary N) is 1. The van der Waals surface area contributed by atoms with Gasteiger partial charge in [-0.3, -0.25) is 0 Å². The van der Waals surface area contributed by atoms with Crippen LogP contribution in [0.2, 0.25) is 0 Å². The Bertz CT molecular complexity index is 240. The minimum absolute atomic E-state index is 0.589. The molecule has 80 valence electrons. The van der Waals surface area contributed by atoms with Crippen LogP contribution >= 0.6 is 0 Å². The molecule has 2 rings (SSSR count). The van der Waals surface area contributed by atoms with E-state index in [2.05, 4.69) is 32.3 Å². The topological polar surface area (TPSA) is 12.0 Å². The molecule has 2 aliphatic rings. The Morgan fingerprint density at radius 3 is 2.57 bits per heavy atom. The maximum absolute atomic E-state index is 3.52. The molecule has 0 amide bonds. The van der Waals surface area contributed by atoms with Crippen LogP contribution in [0.3, 0.4) is 0 Å². The molecule has 1 nitrogen and oxygen atoms in total. The summed E-state index contributed by atoms with van der Waals surface area (Å²) in [6.07, 6.45) is 9.32. The second-order valence-corrected chi connectivity index (χ2v) is 5.59. The van der Waals surface area contributed by atoms with Crippen molar-refractivity contribution in [1.82, 2.24) is 5.32 Å². The minimum atomic E-state index is 0.589. The van der Waals surface area contributed by atoms with Gasteiger partial charge in [0.15, 0.2) is 0 Å². The fourth-order valence-corrected chi connectivity index (χ4v) is 2.87. The first kappa shape index (κ1) is 10.2. The Labute approximate surface area is 88.0 Å². The van der Waals surface area contributed by atoms with Crippen molar-refractivity contribution < 1.29 is 0 Å². The van der Waals surface area contributed by atoms with E-state index in [0.29, 0.717) is 11.5 Å². The van der Waals surface area contributed by atoms with Crippen molar-refractivity contribution in [2.75, 3.05) is 7.05 Å². The first-order valence-corrected chi connectivity index (χ1v) is 6.01. The highest BCUT2D eigenvalue weighted by molar-refractivity contribution is 5.20. The number of hydrogen-bond acceptors (Lipinski definition) is 1. The highest BCUT2D eigenvalue weighted by Gasteiger charge is 2.50. The fourth-order valence-electron chi connectivity index (χ4n) is 2.87. The summed E-state index contributed by atoms with van der Waals surface area (Å²) in [5.74, 6) is 0.886. The van der Waals surface area contributed by atoms with Gasteiger partial charge in [-0.1, -0.05) is 25.5 Å². The molecule has 0 radical (unpaired) electrons. The van der Waals surface area contributed by atoms with E-state index in [9.17, 15) is 0 Å². The first-order valence-electron chi connectivity index (χ1n) is 6.01. The van der Waals surface area contributed by atoms with E-state index in [1.807, 2.05) is 0 Å². The van der Waals surface area contributed by atoms with Crippen LogP contribution < -0.4 is 5.32 Å². The normalized spacial score (nSPS) is 32.2. The number of allylic oxidation sites excluding steroid dienone is 1. The van der Waals surface area contributed by atoms with Crippen molar-refractivity contribution in [3.8, 4) is 0 Å². The molecule has 1 saturated carbocycles. The van der Waals surface area contributed by atoms with Crippen molar-refractivity contribution >= 4 is 0 Å². The number of rotatable bonds is 3. The largest absolute Gasteiger partial charge is 0.313 e. The van der Waals surface area contributed by atoms with Gasteiger partial charge in [-0.2, -0.15) is 0 Å². The lowest BCUT2D eigenvalue weighted by Crippen LogP contribution is -2.32. The Morgan fingerprint density at radius 2 is 2.14 bits per heavy atom. The quantitative estimate of drug-likeness (QED) is 0.679. The standard InChI is InChI=1S/C13H23N/c1-13(2)9-11(13)12(14-3)10-7-5-4-6-8-10/h7,11-12,14H,4-6,8-9H2,1-3H3. The average Bonchev–Trinajstić information content (AvgIpc) is 2.78. The number of hydrogen-bond donors (Lipinski definition) is 1. The van der Waals surface area contributed by atoms with Crippen LogP contribution in [0.4, 0.5) is 0 Å². The third kappa shape index (κ3) is 1.88. The predicted octanol–water partition coefficient (Wildman–Crippen LogP) is 3.12. The maximum Gasteiger partial charge on any atom is 0.0310 e. The molecule has 0 aromatic carbocycles. The molecule has 1 N–H and O–H groups in total. The summed E-state index contributed by atoms with van der Waals surface area (Å²) in [4.78, 5) is 0. The third-order valence-corrected chi connectivity index (χ3v) is 4.03. The molecule has 0 bridgehead atoms. The summed E-state index contributed by atoms with van der Waals surface area (Å²) < 4.78 is 0. The van der Waals surface area contributed by atoms with Crippen molar-refractivity contribution in [2.24, 2.45) is 11.3 Å². The van der Waals surface area contributed by atoms with E-state index in [1.165, 1.54) is 32.1 Å². The van der Waals surface area contributed by atoms with Crippen LogP contribution in [0.15, 0.2) is 11.6 Å². The van der Waals surface area contributed by atoms with Crippen LogP contribution in [0.5, 0.6) is 0 Å². The fraction of sp³-hybridized carbons (Fsp3) is 0.846. The van der Waals surface area contributed by atoms with Crippen LogP contribution in [-0.2, 0) is 0 Å². The lowest BCUT2D eigenvalue weighted by Gasteiger charge is -2.24. The molecule has 0 aromatic heterocycles. The molecule has 2 atom stereocenters. The summed E-state index contributed by atoms with van der Waals surface area (Å²) in [6.45, 7) is 4.79. The van der Waals surface area contributed by atoms with Crippen LogP contribution in [-0.4, -0.2) is 13.1 Å². The zero-order chi connectivity index (χ0) is 10.2. The predicted molar refractivity (Wildman–Crippen MR) is 61.3 cm³/mol. The van der Waals surface area contributed by atoms with Gasteiger partial charge in [0.25, 0.3) is 0 Å². The van der Waals surface area contributed by atoms with Gasteiger partial charge >= 0.3 is 0 Å². The molecule has 0 aromatic rings. The van der Waals surface area contributed by atoms with Crippen LogP contribution in [0.1, 0.15) is 46.0 Å². The van der Waals surface area contributed by atoms with Gasteiger partial charge in [-0.05, 0) is 50.5 Å². The first-order chi connectivity index (χ1) is 6.65. The third-order valence-electron chi connectivity index (χ3n) is 4.03. The molecule has 0 spiro atoms. The van der Waals surface area contributed by atoms with E-state index < -0.39 is 0 Å². The van der Waals surface area contributed by atoms with Gasteiger partial charge in [0.2, 0.25) is 0 Å². The molecule has 0 heterocycles. The van der Waals surface area contributed by atoms with Gasteiger partial charge in [0.1, 0.15) is 0 Å². The molecular formula is C13H23N. The van der Waals surface area contributed by atoms with E-state index in [-0.39, 0.29) is 0 Å². The van der Waals surface area contributed by atoms with Gasteiger partial charge in [-0.25, -0.2) is 0 Å². The summed E-state index contributed by atoms with van der Waals surface area (Å²) in [5, 5.41) is 3.52. The average molecular weight is 193 g/mol. The molecule has 2 aliphatic carbocycles. The Kier molecular flexibility index (Phi) is 2.70. The zero-order valence-electron chi connectivity index (χ0n) is 9.77. The monoisotopic (exact) mass is 193 g/mol. The number of likely N-dealkylation sites (N-methyl/N-ethyl adjacent to an activating group) is 1. The van der Waals surface area contributed by atoms with E-state index in [1.54, 1.807) is 5.57 Å². The second kappa shape index (κ2) is 3.69. The van der Waals surface area contributed by atoms with Gasteiger partial charge in [-0.15, -0.1) is 0 Å². The smallest absolute Gasteiger partial charge is 0.0310 e. The Morgan fingerprint density at radius 1 is 1.43 bits per heavy atom. The molecule has 2 unspecified atom stereocenters. The van der Waals surface area contributed by atoms with E-state index in [0.717, 1.165) is 5.92 Å².